The van der Waals surface area contributed by atoms with E-state index in [1.54, 1.807) is 0 Å². The van der Waals surface area contributed by atoms with Gasteiger partial charge in [-0.15, -0.1) is 22.9 Å². The van der Waals surface area contributed by atoms with E-state index in [2.05, 4.69) is 18.8 Å². The van der Waals surface area contributed by atoms with E-state index >= 15 is 0 Å². The van der Waals surface area contributed by atoms with Crippen molar-refractivity contribution in [2.24, 2.45) is 5.41 Å². The Bertz CT molecular complexity index is 462. The number of rotatable bonds is 4. The van der Waals surface area contributed by atoms with Gasteiger partial charge in [0, 0.05) is 18.5 Å². The summed E-state index contributed by atoms with van der Waals surface area (Å²) in [6.45, 7) is 4.63. The van der Waals surface area contributed by atoms with Gasteiger partial charge in [0.15, 0.2) is 0 Å². The summed E-state index contributed by atoms with van der Waals surface area (Å²) in [5.74, 6) is 0.586. The average Bonchev–Trinajstić information content (AvgIpc) is 2.85. The maximum Gasteiger partial charge on any atom is 0.229 e. The molecule has 0 radical (unpaired) electrons. The predicted octanol–water partition coefficient (Wildman–Crippen LogP) is 3.85. The highest BCUT2D eigenvalue weighted by atomic mass is 35.5. The third kappa shape index (κ3) is 3.95. The number of carbonyl (C=O) groups is 1. The minimum absolute atomic E-state index is 0.171. The maximum atomic E-state index is 12.3. The van der Waals surface area contributed by atoms with Crippen molar-refractivity contribution in [3.63, 3.8) is 0 Å². The summed E-state index contributed by atoms with van der Waals surface area (Å²) in [7, 11) is 1.93. The molecular weight excluding hydrogens is 292 g/mol. The number of hydrogen-bond donors (Lipinski definition) is 0. The Kier molecular flexibility index (Phi) is 5.08. The number of alkyl halides is 1. The topological polar surface area (TPSA) is 33.2 Å². The molecule has 20 heavy (non-hydrogen) atoms. The van der Waals surface area contributed by atoms with Crippen molar-refractivity contribution >= 4 is 28.8 Å². The fourth-order valence-electron chi connectivity index (χ4n) is 2.72. The van der Waals surface area contributed by atoms with Crippen molar-refractivity contribution in [2.45, 2.75) is 57.9 Å². The highest BCUT2D eigenvalue weighted by Crippen LogP contribution is 2.36. The largest absolute Gasteiger partial charge is 0.342 e. The van der Waals surface area contributed by atoms with E-state index in [4.69, 9.17) is 11.6 Å². The molecule has 0 aliphatic heterocycles. The molecule has 1 aliphatic carbocycles. The van der Waals surface area contributed by atoms with E-state index in [1.807, 2.05) is 17.3 Å². The molecule has 5 heteroatoms. The molecule has 0 bridgehead atoms. The SMILES string of the molecule is CN(C(=O)Cc1nc(CCl)cs1)C1CCC(C)(C)CC1. The zero-order valence-corrected chi connectivity index (χ0v) is 14.1. The lowest BCUT2D eigenvalue weighted by Gasteiger charge is -2.38. The standard InChI is InChI=1S/C15H23ClN2OS/c1-15(2)6-4-12(5-7-15)18(3)14(19)8-13-17-11(9-16)10-20-13/h10,12H,4-9H2,1-3H3. The van der Waals surface area contributed by atoms with E-state index in [0.29, 0.717) is 23.8 Å². The molecular formula is C15H23ClN2OS. The van der Waals surface area contributed by atoms with E-state index in [9.17, 15) is 4.79 Å². The van der Waals surface area contributed by atoms with Crippen LogP contribution in [0.5, 0.6) is 0 Å². The van der Waals surface area contributed by atoms with Gasteiger partial charge in [0.25, 0.3) is 0 Å². The molecule has 0 unspecified atom stereocenters. The monoisotopic (exact) mass is 314 g/mol. The van der Waals surface area contributed by atoms with Crippen molar-refractivity contribution in [3.8, 4) is 0 Å². The lowest BCUT2D eigenvalue weighted by molar-refractivity contribution is -0.132. The highest BCUT2D eigenvalue weighted by molar-refractivity contribution is 7.09. The van der Waals surface area contributed by atoms with Crippen molar-refractivity contribution in [2.75, 3.05) is 7.05 Å². The lowest BCUT2D eigenvalue weighted by Crippen LogP contribution is -2.41. The molecule has 3 nitrogen and oxygen atoms in total. The number of hydrogen-bond acceptors (Lipinski definition) is 3. The summed E-state index contributed by atoms with van der Waals surface area (Å²) < 4.78 is 0. The highest BCUT2D eigenvalue weighted by Gasteiger charge is 2.30. The second-order valence-electron chi connectivity index (χ2n) is 6.44. The van der Waals surface area contributed by atoms with Crippen LogP contribution in [-0.2, 0) is 17.1 Å². The molecule has 0 aromatic carbocycles. The van der Waals surface area contributed by atoms with Crippen LogP contribution >= 0.6 is 22.9 Å². The number of carbonyl (C=O) groups excluding carboxylic acids is 1. The Morgan fingerprint density at radius 3 is 2.70 bits per heavy atom. The summed E-state index contributed by atoms with van der Waals surface area (Å²) in [5, 5.41) is 2.80. The van der Waals surface area contributed by atoms with Crippen molar-refractivity contribution in [1.82, 2.24) is 9.88 Å². The quantitative estimate of drug-likeness (QED) is 0.791. The van der Waals surface area contributed by atoms with Crippen LogP contribution in [0.1, 0.15) is 50.2 Å². The van der Waals surface area contributed by atoms with Crippen LogP contribution in [0.3, 0.4) is 0 Å². The molecule has 0 atom stereocenters. The van der Waals surface area contributed by atoms with Crippen LogP contribution in [0.15, 0.2) is 5.38 Å². The molecule has 1 aromatic heterocycles. The molecule has 1 aromatic rings. The second-order valence-corrected chi connectivity index (χ2v) is 7.65. The zero-order valence-electron chi connectivity index (χ0n) is 12.5. The van der Waals surface area contributed by atoms with Gasteiger partial charge in [0.1, 0.15) is 5.01 Å². The first-order valence-corrected chi connectivity index (χ1v) is 8.57. The molecule has 2 rings (SSSR count). The van der Waals surface area contributed by atoms with Crippen LogP contribution in [0.25, 0.3) is 0 Å². The maximum absolute atomic E-state index is 12.3. The third-order valence-corrected chi connectivity index (χ3v) is 5.46. The van der Waals surface area contributed by atoms with E-state index in [-0.39, 0.29) is 5.91 Å². The van der Waals surface area contributed by atoms with E-state index < -0.39 is 0 Å². The summed E-state index contributed by atoms with van der Waals surface area (Å²) in [6, 6.07) is 0.392. The minimum Gasteiger partial charge on any atom is -0.342 e. The van der Waals surface area contributed by atoms with Crippen molar-refractivity contribution in [1.29, 1.82) is 0 Å². The number of nitrogens with zero attached hydrogens (tertiary/aromatic N) is 2. The number of likely N-dealkylation sites (N-methyl/N-ethyl adjacent to an activating group) is 1. The van der Waals surface area contributed by atoms with Gasteiger partial charge in [-0.3, -0.25) is 4.79 Å². The van der Waals surface area contributed by atoms with Gasteiger partial charge in [-0.1, -0.05) is 13.8 Å². The molecule has 0 spiro atoms. The van der Waals surface area contributed by atoms with Crippen LogP contribution in [0, 0.1) is 5.41 Å². The summed E-state index contributed by atoms with van der Waals surface area (Å²) in [6.07, 6.45) is 5.02. The Labute approximate surface area is 130 Å². The molecule has 112 valence electrons. The van der Waals surface area contributed by atoms with Gasteiger partial charge in [-0.25, -0.2) is 4.98 Å². The van der Waals surface area contributed by atoms with E-state index in [1.165, 1.54) is 24.2 Å². The van der Waals surface area contributed by atoms with Gasteiger partial charge >= 0.3 is 0 Å². The smallest absolute Gasteiger partial charge is 0.229 e. The Hall–Kier alpha value is -0.610. The molecule has 0 saturated heterocycles. The third-order valence-electron chi connectivity index (χ3n) is 4.29. The summed E-state index contributed by atoms with van der Waals surface area (Å²) in [5.41, 5.74) is 1.30. The predicted molar refractivity (Wildman–Crippen MR) is 84.2 cm³/mol. The summed E-state index contributed by atoms with van der Waals surface area (Å²) in [4.78, 5) is 18.6. The fraction of sp³-hybridized carbons (Fsp3) is 0.733. The molecule has 1 fully saturated rings. The van der Waals surface area contributed by atoms with Crippen molar-refractivity contribution in [3.05, 3.63) is 16.1 Å². The first-order valence-electron chi connectivity index (χ1n) is 7.16. The molecule has 1 saturated carbocycles. The van der Waals surface area contributed by atoms with Gasteiger partial charge in [0.05, 0.1) is 18.0 Å². The lowest BCUT2D eigenvalue weighted by atomic mass is 9.75. The van der Waals surface area contributed by atoms with Gasteiger partial charge in [-0.2, -0.15) is 0 Å². The zero-order chi connectivity index (χ0) is 14.8. The molecule has 1 heterocycles. The first-order chi connectivity index (χ1) is 9.41. The minimum atomic E-state index is 0.171. The Balaban J connectivity index is 1.89. The van der Waals surface area contributed by atoms with Gasteiger partial charge < -0.3 is 4.90 Å². The van der Waals surface area contributed by atoms with Gasteiger partial charge in [-0.05, 0) is 31.1 Å². The molecule has 1 amide bonds. The Morgan fingerprint density at radius 1 is 1.50 bits per heavy atom. The van der Waals surface area contributed by atoms with Crippen LogP contribution in [-0.4, -0.2) is 28.9 Å². The second kappa shape index (κ2) is 6.44. The van der Waals surface area contributed by atoms with Crippen molar-refractivity contribution < 1.29 is 4.79 Å². The first kappa shape index (κ1) is 15.8. The number of thiazole rings is 1. The fourth-order valence-corrected chi connectivity index (χ4v) is 3.73. The molecule has 1 aliphatic rings. The Morgan fingerprint density at radius 2 is 2.15 bits per heavy atom. The van der Waals surface area contributed by atoms with Crippen LogP contribution < -0.4 is 0 Å². The summed E-state index contributed by atoms with van der Waals surface area (Å²) >= 11 is 7.26. The van der Waals surface area contributed by atoms with Crippen LogP contribution in [0.2, 0.25) is 0 Å². The van der Waals surface area contributed by atoms with Gasteiger partial charge in [0.2, 0.25) is 5.91 Å². The normalized spacial score (nSPS) is 19.0. The number of amides is 1. The number of aromatic nitrogens is 1. The van der Waals surface area contributed by atoms with Crippen LogP contribution in [0.4, 0.5) is 0 Å². The average molecular weight is 315 g/mol. The molecule has 0 N–H and O–H groups in total. The number of halogens is 1. The van der Waals surface area contributed by atoms with E-state index in [0.717, 1.165) is 23.5 Å².